The van der Waals surface area contributed by atoms with Gasteiger partial charge >= 0.3 is 0 Å². The summed E-state index contributed by atoms with van der Waals surface area (Å²) in [4.78, 5) is 16.5. The van der Waals surface area contributed by atoms with E-state index in [4.69, 9.17) is 0 Å². The van der Waals surface area contributed by atoms with E-state index < -0.39 is 0 Å². The molecule has 0 bridgehead atoms. The normalized spacial score (nSPS) is 10.3. The molecular formula is C14H12Br2N2O. The Labute approximate surface area is 128 Å². The summed E-state index contributed by atoms with van der Waals surface area (Å²) in [5.74, 6) is -0.150. The number of hydrogen-bond donors (Lipinski definition) is 1. The van der Waals surface area contributed by atoms with E-state index in [0.29, 0.717) is 11.3 Å². The molecule has 0 atom stereocenters. The monoisotopic (exact) mass is 382 g/mol. The number of pyridine rings is 1. The van der Waals surface area contributed by atoms with Crippen LogP contribution in [0.2, 0.25) is 0 Å². The van der Waals surface area contributed by atoms with E-state index >= 15 is 0 Å². The van der Waals surface area contributed by atoms with Crippen LogP contribution in [0.4, 0.5) is 5.69 Å². The molecule has 0 saturated heterocycles. The molecule has 1 aromatic heterocycles. The van der Waals surface area contributed by atoms with Crippen LogP contribution in [0.25, 0.3) is 0 Å². The first-order valence-corrected chi connectivity index (χ1v) is 7.27. The topological polar surface area (TPSA) is 42.0 Å². The number of carbonyl (C=O) groups is 1. The lowest BCUT2D eigenvalue weighted by Crippen LogP contribution is -2.14. The lowest BCUT2D eigenvalue weighted by molar-refractivity contribution is 0.102. The van der Waals surface area contributed by atoms with Gasteiger partial charge in [-0.15, -0.1) is 0 Å². The first-order chi connectivity index (χ1) is 8.99. The van der Waals surface area contributed by atoms with Gasteiger partial charge in [0.25, 0.3) is 5.91 Å². The molecule has 2 rings (SSSR count). The van der Waals surface area contributed by atoms with Gasteiger partial charge in [-0.1, -0.05) is 12.1 Å². The Morgan fingerprint density at radius 1 is 1.16 bits per heavy atom. The molecule has 0 fully saturated rings. The van der Waals surface area contributed by atoms with Crippen molar-refractivity contribution in [2.75, 3.05) is 5.32 Å². The fourth-order valence-electron chi connectivity index (χ4n) is 1.67. The quantitative estimate of drug-likeness (QED) is 0.777. The summed E-state index contributed by atoms with van der Waals surface area (Å²) in [6.45, 7) is 3.80. The highest BCUT2D eigenvalue weighted by Gasteiger charge is 2.12. The van der Waals surface area contributed by atoms with Gasteiger partial charge in [-0.05, 0) is 69.5 Å². The fourth-order valence-corrected chi connectivity index (χ4v) is 2.52. The van der Waals surface area contributed by atoms with Crippen LogP contribution in [-0.2, 0) is 0 Å². The van der Waals surface area contributed by atoms with E-state index in [2.05, 4.69) is 42.2 Å². The number of carbonyl (C=O) groups excluding carboxylic acids is 1. The molecule has 0 radical (unpaired) electrons. The molecule has 0 aliphatic heterocycles. The molecule has 19 heavy (non-hydrogen) atoms. The van der Waals surface area contributed by atoms with Gasteiger partial charge in [0.15, 0.2) is 0 Å². The Hall–Kier alpha value is -1.20. The summed E-state index contributed by atoms with van der Waals surface area (Å²) >= 11 is 6.74. The van der Waals surface area contributed by atoms with Gasteiger partial charge in [0.1, 0.15) is 4.60 Å². The summed E-state index contributed by atoms with van der Waals surface area (Å²) in [5, 5.41) is 2.87. The molecule has 0 aliphatic carbocycles. The molecule has 1 N–H and O–H groups in total. The number of rotatable bonds is 2. The van der Waals surface area contributed by atoms with E-state index in [1.54, 1.807) is 12.1 Å². The smallest absolute Gasteiger partial charge is 0.256 e. The van der Waals surface area contributed by atoms with E-state index in [0.717, 1.165) is 20.3 Å². The maximum atomic E-state index is 12.2. The van der Waals surface area contributed by atoms with Crippen LogP contribution in [0.1, 0.15) is 21.6 Å². The maximum absolute atomic E-state index is 12.2. The number of hydrogen-bond acceptors (Lipinski definition) is 2. The number of nitrogens with one attached hydrogen (secondary N) is 1. The van der Waals surface area contributed by atoms with Crippen molar-refractivity contribution in [3.63, 3.8) is 0 Å². The predicted molar refractivity (Wildman–Crippen MR) is 83.5 cm³/mol. The average Bonchev–Trinajstić information content (AvgIpc) is 2.36. The summed E-state index contributed by atoms with van der Waals surface area (Å²) in [7, 11) is 0. The Balaban J connectivity index is 2.28. The fraction of sp³-hybridized carbons (Fsp3) is 0.143. The first-order valence-electron chi connectivity index (χ1n) is 5.68. The highest BCUT2D eigenvalue weighted by Crippen LogP contribution is 2.23. The van der Waals surface area contributed by atoms with Crippen molar-refractivity contribution in [1.82, 2.24) is 4.98 Å². The third-order valence-electron chi connectivity index (χ3n) is 2.74. The maximum Gasteiger partial charge on any atom is 0.256 e. The van der Waals surface area contributed by atoms with Crippen LogP contribution in [0.3, 0.4) is 0 Å². The second-order valence-corrected chi connectivity index (χ2v) is 5.76. The van der Waals surface area contributed by atoms with Crippen molar-refractivity contribution in [3.8, 4) is 0 Å². The number of aryl methyl sites for hydroxylation is 2. The van der Waals surface area contributed by atoms with E-state index in [1.165, 1.54) is 0 Å². The highest BCUT2D eigenvalue weighted by atomic mass is 79.9. The molecule has 0 saturated carbocycles. The molecule has 1 aromatic carbocycles. The molecule has 0 spiro atoms. The van der Waals surface area contributed by atoms with Crippen molar-refractivity contribution in [2.24, 2.45) is 0 Å². The molecular weight excluding hydrogens is 372 g/mol. The standard InChI is InChI=1S/C14H12Br2N2O/c1-8-4-3-5-10(13(8)16)14(19)18-11-6-7-12(15)17-9(11)2/h3-7H,1-2H3,(H,18,19). The van der Waals surface area contributed by atoms with Gasteiger partial charge in [-0.25, -0.2) is 4.98 Å². The number of halogens is 2. The summed E-state index contributed by atoms with van der Waals surface area (Å²) in [5.41, 5.74) is 3.12. The van der Waals surface area contributed by atoms with E-state index in [9.17, 15) is 4.79 Å². The van der Waals surface area contributed by atoms with Gasteiger partial charge in [-0.2, -0.15) is 0 Å². The van der Waals surface area contributed by atoms with Crippen molar-refractivity contribution < 1.29 is 4.79 Å². The number of benzene rings is 1. The Morgan fingerprint density at radius 3 is 2.58 bits per heavy atom. The molecule has 1 amide bonds. The second-order valence-electron chi connectivity index (χ2n) is 4.16. The summed E-state index contributed by atoms with van der Waals surface area (Å²) < 4.78 is 1.56. The number of anilines is 1. The Morgan fingerprint density at radius 2 is 1.89 bits per heavy atom. The van der Waals surface area contributed by atoms with Crippen LogP contribution in [0.5, 0.6) is 0 Å². The van der Waals surface area contributed by atoms with Crippen molar-refractivity contribution >= 4 is 43.5 Å². The van der Waals surface area contributed by atoms with Crippen molar-refractivity contribution in [3.05, 3.63) is 56.2 Å². The van der Waals surface area contributed by atoms with Crippen molar-refractivity contribution in [2.45, 2.75) is 13.8 Å². The van der Waals surface area contributed by atoms with Crippen LogP contribution in [-0.4, -0.2) is 10.9 Å². The zero-order chi connectivity index (χ0) is 14.0. The average molecular weight is 384 g/mol. The predicted octanol–water partition coefficient (Wildman–Crippen LogP) is 4.48. The van der Waals surface area contributed by atoms with Crippen LogP contribution < -0.4 is 5.32 Å². The van der Waals surface area contributed by atoms with Gasteiger partial charge in [0.05, 0.1) is 16.9 Å². The number of nitrogens with zero attached hydrogens (tertiary/aromatic N) is 1. The van der Waals surface area contributed by atoms with Crippen molar-refractivity contribution in [1.29, 1.82) is 0 Å². The van der Waals surface area contributed by atoms with Gasteiger partial charge in [0, 0.05) is 4.47 Å². The van der Waals surface area contributed by atoms with Gasteiger partial charge < -0.3 is 5.32 Å². The molecule has 5 heteroatoms. The van der Waals surface area contributed by atoms with Crippen LogP contribution >= 0.6 is 31.9 Å². The third-order valence-corrected chi connectivity index (χ3v) is 4.23. The minimum atomic E-state index is -0.150. The van der Waals surface area contributed by atoms with E-state index in [-0.39, 0.29) is 5.91 Å². The highest BCUT2D eigenvalue weighted by molar-refractivity contribution is 9.10. The lowest BCUT2D eigenvalue weighted by atomic mass is 10.1. The SMILES string of the molecule is Cc1cccc(C(=O)Nc2ccc(Br)nc2C)c1Br. The molecule has 0 aliphatic rings. The van der Waals surface area contributed by atoms with Crippen LogP contribution in [0.15, 0.2) is 39.4 Å². The van der Waals surface area contributed by atoms with Gasteiger partial charge in [-0.3, -0.25) is 4.79 Å². The molecule has 3 nitrogen and oxygen atoms in total. The second kappa shape index (κ2) is 5.84. The van der Waals surface area contributed by atoms with E-state index in [1.807, 2.05) is 32.0 Å². The third kappa shape index (κ3) is 3.22. The minimum Gasteiger partial charge on any atom is -0.320 e. The largest absolute Gasteiger partial charge is 0.320 e. The molecule has 98 valence electrons. The Bertz CT molecular complexity index is 641. The lowest BCUT2D eigenvalue weighted by Gasteiger charge is -2.10. The molecule has 2 aromatic rings. The summed E-state index contributed by atoms with van der Waals surface area (Å²) in [6, 6.07) is 9.23. The minimum absolute atomic E-state index is 0.150. The number of amides is 1. The molecule has 1 heterocycles. The zero-order valence-corrected chi connectivity index (χ0v) is 13.7. The summed E-state index contributed by atoms with van der Waals surface area (Å²) in [6.07, 6.45) is 0. The number of aromatic nitrogens is 1. The zero-order valence-electron chi connectivity index (χ0n) is 10.5. The van der Waals surface area contributed by atoms with Crippen LogP contribution in [0, 0.1) is 13.8 Å². The van der Waals surface area contributed by atoms with Gasteiger partial charge in [0.2, 0.25) is 0 Å². The Kier molecular flexibility index (Phi) is 4.37. The first kappa shape index (κ1) is 14.2. The molecule has 0 unspecified atom stereocenters.